The molecule has 0 saturated carbocycles. The highest BCUT2D eigenvalue weighted by Gasteiger charge is 2.27. The van der Waals surface area contributed by atoms with Crippen LogP contribution >= 0.6 is 12.4 Å². The normalized spacial score (nSPS) is 17.1. The van der Waals surface area contributed by atoms with Gasteiger partial charge < -0.3 is 10.6 Å². The van der Waals surface area contributed by atoms with Crippen molar-refractivity contribution in [3.8, 4) is 0 Å². The lowest BCUT2D eigenvalue weighted by atomic mass is 9.96. The van der Waals surface area contributed by atoms with Crippen molar-refractivity contribution in [1.82, 2.24) is 4.90 Å². The second-order valence-corrected chi connectivity index (χ2v) is 5.19. The molecule has 0 aromatic heterocycles. The maximum Gasteiger partial charge on any atom is 0.240 e. The van der Waals surface area contributed by atoms with Crippen LogP contribution in [0.2, 0.25) is 0 Å². The monoisotopic (exact) mass is 282 g/mol. The SMILES string of the molecule is CC[C@H](C)[C@H](N)C(=O)N1CCc2ccccc2C1.Cl. The summed E-state index contributed by atoms with van der Waals surface area (Å²) < 4.78 is 0. The summed E-state index contributed by atoms with van der Waals surface area (Å²) in [5, 5.41) is 0. The molecule has 1 aromatic carbocycles. The summed E-state index contributed by atoms with van der Waals surface area (Å²) in [5.41, 5.74) is 8.65. The van der Waals surface area contributed by atoms with Crippen LogP contribution in [0.25, 0.3) is 0 Å². The van der Waals surface area contributed by atoms with Crippen LogP contribution in [-0.2, 0) is 17.8 Å². The summed E-state index contributed by atoms with van der Waals surface area (Å²) >= 11 is 0. The predicted molar refractivity (Wildman–Crippen MR) is 80.2 cm³/mol. The standard InChI is InChI=1S/C15H22N2O.ClH/c1-3-11(2)14(16)15(18)17-9-8-12-6-4-5-7-13(12)10-17;/h4-7,11,14H,3,8-10,16H2,1-2H3;1H/t11-,14-;/m0./s1. The van der Waals surface area contributed by atoms with Crippen LogP contribution in [0.15, 0.2) is 24.3 Å². The van der Waals surface area contributed by atoms with Crippen molar-refractivity contribution in [1.29, 1.82) is 0 Å². The lowest BCUT2D eigenvalue weighted by Crippen LogP contribution is -2.48. The number of amides is 1. The average Bonchev–Trinajstić information content (AvgIpc) is 2.44. The highest BCUT2D eigenvalue weighted by Crippen LogP contribution is 2.20. The molecule has 1 heterocycles. The Morgan fingerprint density at radius 1 is 1.37 bits per heavy atom. The van der Waals surface area contributed by atoms with E-state index in [9.17, 15) is 4.79 Å². The molecule has 0 radical (unpaired) electrons. The minimum absolute atomic E-state index is 0. The van der Waals surface area contributed by atoms with Crippen molar-refractivity contribution in [2.75, 3.05) is 6.54 Å². The first-order valence-electron chi connectivity index (χ1n) is 6.74. The van der Waals surface area contributed by atoms with Gasteiger partial charge >= 0.3 is 0 Å². The molecule has 2 atom stereocenters. The quantitative estimate of drug-likeness (QED) is 0.925. The van der Waals surface area contributed by atoms with E-state index in [1.165, 1.54) is 11.1 Å². The molecule has 19 heavy (non-hydrogen) atoms. The maximum atomic E-state index is 12.3. The minimum Gasteiger partial charge on any atom is -0.337 e. The van der Waals surface area contributed by atoms with Gasteiger partial charge in [-0.05, 0) is 23.5 Å². The van der Waals surface area contributed by atoms with Crippen LogP contribution in [0.3, 0.4) is 0 Å². The van der Waals surface area contributed by atoms with Gasteiger partial charge in [0.2, 0.25) is 5.91 Å². The second-order valence-electron chi connectivity index (χ2n) is 5.19. The molecular weight excluding hydrogens is 260 g/mol. The van der Waals surface area contributed by atoms with Crippen LogP contribution in [0, 0.1) is 5.92 Å². The molecule has 2 rings (SSSR count). The zero-order chi connectivity index (χ0) is 13.1. The zero-order valence-electron chi connectivity index (χ0n) is 11.6. The zero-order valence-corrected chi connectivity index (χ0v) is 12.5. The fraction of sp³-hybridized carbons (Fsp3) is 0.533. The van der Waals surface area contributed by atoms with Crippen molar-refractivity contribution in [2.45, 2.75) is 39.3 Å². The molecule has 0 fully saturated rings. The lowest BCUT2D eigenvalue weighted by molar-refractivity contribution is -0.134. The maximum absolute atomic E-state index is 12.3. The molecule has 4 heteroatoms. The Hall–Kier alpha value is -1.06. The molecule has 0 aliphatic carbocycles. The van der Waals surface area contributed by atoms with E-state index < -0.39 is 0 Å². The van der Waals surface area contributed by atoms with E-state index in [-0.39, 0.29) is 30.3 Å². The molecule has 1 aromatic rings. The van der Waals surface area contributed by atoms with E-state index in [1.807, 2.05) is 17.9 Å². The molecule has 0 spiro atoms. The molecular formula is C15H23ClN2O. The highest BCUT2D eigenvalue weighted by molar-refractivity contribution is 5.85. The van der Waals surface area contributed by atoms with E-state index in [1.54, 1.807) is 0 Å². The highest BCUT2D eigenvalue weighted by atomic mass is 35.5. The van der Waals surface area contributed by atoms with Gasteiger partial charge in [-0.25, -0.2) is 0 Å². The van der Waals surface area contributed by atoms with Crippen molar-refractivity contribution < 1.29 is 4.79 Å². The Kier molecular flexibility index (Phi) is 5.83. The third-order valence-corrected chi connectivity index (χ3v) is 3.98. The molecule has 0 saturated heterocycles. The summed E-state index contributed by atoms with van der Waals surface area (Å²) in [4.78, 5) is 14.2. The molecule has 1 amide bonds. The number of halogens is 1. The van der Waals surface area contributed by atoms with Gasteiger partial charge in [-0.3, -0.25) is 4.79 Å². The molecule has 106 valence electrons. The number of rotatable bonds is 3. The first-order valence-corrected chi connectivity index (χ1v) is 6.74. The van der Waals surface area contributed by atoms with Crippen molar-refractivity contribution >= 4 is 18.3 Å². The minimum atomic E-state index is -0.361. The molecule has 3 nitrogen and oxygen atoms in total. The fourth-order valence-corrected chi connectivity index (χ4v) is 2.39. The molecule has 0 bridgehead atoms. The van der Waals surface area contributed by atoms with Crippen molar-refractivity contribution in [3.63, 3.8) is 0 Å². The number of nitrogens with two attached hydrogens (primary N) is 1. The number of carbonyl (C=O) groups excluding carboxylic acids is 1. The average molecular weight is 283 g/mol. The topological polar surface area (TPSA) is 46.3 Å². The third kappa shape index (κ3) is 3.48. The van der Waals surface area contributed by atoms with E-state index in [2.05, 4.69) is 25.1 Å². The van der Waals surface area contributed by atoms with Crippen LogP contribution in [0.4, 0.5) is 0 Å². The third-order valence-electron chi connectivity index (χ3n) is 3.98. The van der Waals surface area contributed by atoms with E-state index in [0.717, 1.165) is 19.4 Å². The predicted octanol–water partition coefficient (Wildman–Crippen LogP) is 2.37. The van der Waals surface area contributed by atoms with Gasteiger partial charge in [0, 0.05) is 13.1 Å². The number of carbonyl (C=O) groups is 1. The number of hydrogen-bond donors (Lipinski definition) is 1. The van der Waals surface area contributed by atoms with Crippen LogP contribution < -0.4 is 5.73 Å². The summed E-state index contributed by atoms with van der Waals surface area (Å²) in [6.07, 6.45) is 1.88. The molecule has 1 aliphatic rings. The van der Waals surface area contributed by atoms with Gasteiger partial charge in [0.1, 0.15) is 0 Å². The van der Waals surface area contributed by atoms with Crippen molar-refractivity contribution in [2.24, 2.45) is 11.7 Å². The van der Waals surface area contributed by atoms with Gasteiger partial charge in [-0.1, -0.05) is 44.5 Å². The molecule has 0 unspecified atom stereocenters. The summed E-state index contributed by atoms with van der Waals surface area (Å²) in [6.45, 7) is 5.61. The summed E-state index contributed by atoms with van der Waals surface area (Å²) in [5.74, 6) is 0.341. The van der Waals surface area contributed by atoms with Gasteiger partial charge in [0.05, 0.1) is 6.04 Å². The van der Waals surface area contributed by atoms with E-state index in [0.29, 0.717) is 6.54 Å². The van der Waals surface area contributed by atoms with E-state index in [4.69, 9.17) is 5.73 Å². The Morgan fingerprint density at radius 2 is 2.00 bits per heavy atom. The Balaban J connectivity index is 0.00000180. The number of hydrogen-bond acceptors (Lipinski definition) is 2. The fourth-order valence-electron chi connectivity index (χ4n) is 2.39. The second kappa shape index (κ2) is 6.92. The Morgan fingerprint density at radius 3 is 2.63 bits per heavy atom. The Labute approximate surface area is 121 Å². The first kappa shape index (κ1) is 16.0. The number of nitrogens with zero attached hydrogens (tertiary/aromatic N) is 1. The molecule has 2 N–H and O–H groups in total. The number of benzene rings is 1. The van der Waals surface area contributed by atoms with Crippen LogP contribution in [0.5, 0.6) is 0 Å². The summed E-state index contributed by atoms with van der Waals surface area (Å²) in [7, 11) is 0. The van der Waals surface area contributed by atoms with Crippen molar-refractivity contribution in [3.05, 3.63) is 35.4 Å². The van der Waals surface area contributed by atoms with Gasteiger partial charge in [-0.15, -0.1) is 12.4 Å². The van der Waals surface area contributed by atoms with Gasteiger partial charge in [0.15, 0.2) is 0 Å². The van der Waals surface area contributed by atoms with Crippen LogP contribution in [0.1, 0.15) is 31.4 Å². The molecule has 1 aliphatic heterocycles. The Bertz CT molecular complexity index is 436. The lowest BCUT2D eigenvalue weighted by Gasteiger charge is -2.32. The number of fused-ring (bicyclic) bond motifs is 1. The van der Waals surface area contributed by atoms with Gasteiger partial charge in [0.25, 0.3) is 0 Å². The van der Waals surface area contributed by atoms with Crippen LogP contribution in [-0.4, -0.2) is 23.4 Å². The van der Waals surface area contributed by atoms with Gasteiger partial charge in [-0.2, -0.15) is 0 Å². The largest absolute Gasteiger partial charge is 0.337 e. The first-order chi connectivity index (χ1) is 8.63. The summed E-state index contributed by atoms with van der Waals surface area (Å²) in [6, 6.07) is 7.97. The van der Waals surface area contributed by atoms with E-state index >= 15 is 0 Å². The smallest absolute Gasteiger partial charge is 0.240 e.